The van der Waals surface area contributed by atoms with Gasteiger partial charge in [-0.2, -0.15) is 0 Å². The van der Waals surface area contributed by atoms with E-state index < -0.39 is 0 Å². The van der Waals surface area contributed by atoms with Crippen molar-refractivity contribution in [2.75, 3.05) is 13.2 Å². The van der Waals surface area contributed by atoms with Gasteiger partial charge in [0.1, 0.15) is 5.82 Å². The van der Waals surface area contributed by atoms with Gasteiger partial charge in [-0.3, -0.25) is 0 Å². The number of hydrogen-bond acceptors (Lipinski definition) is 2. The fraction of sp³-hybridized carbons (Fsp3) is 0.625. The summed E-state index contributed by atoms with van der Waals surface area (Å²) in [6, 6.07) is 5.01. The Bertz CT molecular complexity index is 446. The van der Waals surface area contributed by atoms with Gasteiger partial charge in [0.15, 0.2) is 0 Å². The van der Waals surface area contributed by atoms with Gasteiger partial charge in [-0.1, -0.05) is 24.6 Å². The van der Waals surface area contributed by atoms with Crippen molar-refractivity contribution in [1.82, 2.24) is 5.32 Å². The lowest BCUT2D eigenvalue weighted by molar-refractivity contribution is -0.0882. The van der Waals surface area contributed by atoms with Crippen molar-refractivity contribution in [3.8, 4) is 0 Å². The number of halogens is 2. The molecule has 0 amide bonds. The van der Waals surface area contributed by atoms with Crippen LogP contribution in [0.3, 0.4) is 0 Å². The third-order valence-corrected chi connectivity index (χ3v) is 4.36. The first-order chi connectivity index (χ1) is 9.55. The summed E-state index contributed by atoms with van der Waals surface area (Å²) in [5.74, 6) is -0.236. The molecule has 0 bridgehead atoms. The average Bonchev–Trinajstić information content (AvgIpc) is 2.42. The number of rotatable bonds is 5. The average molecular weight is 300 g/mol. The van der Waals surface area contributed by atoms with E-state index in [-0.39, 0.29) is 17.5 Å². The zero-order valence-electron chi connectivity index (χ0n) is 12.2. The second-order valence-corrected chi connectivity index (χ2v) is 6.10. The maximum atomic E-state index is 14.0. The summed E-state index contributed by atoms with van der Waals surface area (Å²) in [6.07, 6.45) is 3.92. The molecule has 0 aliphatic carbocycles. The lowest BCUT2D eigenvalue weighted by Gasteiger charge is -2.41. The lowest BCUT2D eigenvalue weighted by atomic mass is 9.84. The quantitative estimate of drug-likeness (QED) is 0.888. The molecule has 1 aromatic carbocycles. The van der Waals surface area contributed by atoms with Crippen molar-refractivity contribution in [3.05, 3.63) is 34.6 Å². The Balaban J connectivity index is 2.16. The van der Waals surface area contributed by atoms with Gasteiger partial charge in [0, 0.05) is 17.7 Å². The summed E-state index contributed by atoms with van der Waals surface area (Å²) in [4.78, 5) is 0. The van der Waals surface area contributed by atoms with Crippen LogP contribution in [0.15, 0.2) is 18.2 Å². The van der Waals surface area contributed by atoms with Crippen LogP contribution in [0.2, 0.25) is 5.02 Å². The van der Waals surface area contributed by atoms with Crippen molar-refractivity contribution in [3.63, 3.8) is 0 Å². The summed E-state index contributed by atoms with van der Waals surface area (Å²) in [6.45, 7) is 5.84. The summed E-state index contributed by atoms with van der Waals surface area (Å²) in [5.41, 5.74) is 0.469. The van der Waals surface area contributed by atoms with E-state index in [9.17, 15) is 4.39 Å². The van der Waals surface area contributed by atoms with Crippen LogP contribution >= 0.6 is 11.6 Å². The lowest BCUT2D eigenvalue weighted by Crippen LogP contribution is -2.53. The molecule has 1 aromatic rings. The van der Waals surface area contributed by atoms with Crippen LogP contribution in [-0.4, -0.2) is 24.8 Å². The van der Waals surface area contributed by atoms with Crippen molar-refractivity contribution >= 4 is 11.6 Å². The summed E-state index contributed by atoms with van der Waals surface area (Å²) < 4.78 is 20.0. The summed E-state index contributed by atoms with van der Waals surface area (Å²) >= 11 is 5.81. The molecule has 1 saturated heterocycles. The molecule has 4 heteroatoms. The molecule has 1 heterocycles. The fourth-order valence-electron chi connectivity index (χ4n) is 2.89. The minimum atomic E-state index is -0.236. The predicted octanol–water partition coefficient (Wildman–Crippen LogP) is 3.96. The van der Waals surface area contributed by atoms with E-state index in [0.717, 1.165) is 26.0 Å². The maximum Gasteiger partial charge on any atom is 0.127 e. The normalized spacial score (nSPS) is 24.6. The molecule has 1 fully saturated rings. The molecular weight excluding hydrogens is 277 g/mol. The van der Waals surface area contributed by atoms with Crippen molar-refractivity contribution in [2.24, 2.45) is 0 Å². The van der Waals surface area contributed by atoms with Gasteiger partial charge >= 0.3 is 0 Å². The van der Waals surface area contributed by atoms with Gasteiger partial charge in [0.25, 0.3) is 0 Å². The fourth-order valence-corrected chi connectivity index (χ4v) is 3.05. The first kappa shape index (κ1) is 15.7. The third-order valence-electron chi connectivity index (χ3n) is 4.13. The van der Waals surface area contributed by atoms with Crippen LogP contribution < -0.4 is 5.32 Å². The van der Waals surface area contributed by atoms with E-state index in [4.69, 9.17) is 16.3 Å². The Hall–Kier alpha value is -0.640. The molecule has 0 aromatic heterocycles. The molecule has 2 atom stereocenters. The van der Waals surface area contributed by atoms with Crippen LogP contribution in [0.1, 0.15) is 38.7 Å². The van der Waals surface area contributed by atoms with E-state index in [1.165, 1.54) is 12.5 Å². The second-order valence-electron chi connectivity index (χ2n) is 5.67. The Morgan fingerprint density at radius 2 is 2.25 bits per heavy atom. The number of likely N-dealkylation sites (N-methyl/N-ethyl adjacent to an activating group) is 1. The van der Waals surface area contributed by atoms with Crippen LogP contribution in [0, 0.1) is 5.82 Å². The van der Waals surface area contributed by atoms with Crippen LogP contribution in [0.25, 0.3) is 0 Å². The molecule has 1 aliphatic rings. The third kappa shape index (κ3) is 3.72. The first-order valence-electron chi connectivity index (χ1n) is 7.36. The highest BCUT2D eigenvalue weighted by atomic mass is 35.5. The second kappa shape index (κ2) is 6.88. The number of ether oxygens (including phenoxy) is 1. The Kier molecular flexibility index (Phi) is 5.42. The molecule has 0 radical (unpaired) electrons. The Labute approximate surface area is 125 Å². The van der Waals surface area contributed by atoms with Gasteiger partial charge in [-0.05, 0) is 56.8 Å². The smallest absolute Gasteiger partial charge is 0.127 e. The number of benzene rings is 1. The molecule has 0 spiro atoms. The molecule has 2 rings (SSSR count). The highest BCUT2D eigenvalue weighted by Crippen LogP contribution is 2.30. The molecule has 2 unspecified atom stereocenters. The van der Waals surface area contributed by atoms with E-state index in [0.29, 0.717) is 17.0 Å². The van der Waals surface area contributed by atoms with Crippen molar-refractivity contribution in [1.29, 1.82) is 0 Å². The van der Waals surface area contributed by atoms with Gasteiger partial charge in [-0.15, -0.1) is 0 Å². The number of nitrogens with one attached hydrogen (secondary N) is 1. The summed E-state index contributed by atoms with van der Waals surface area (Å²) in [5, 5.41) is 3.89. The molecule has 1 N–H and O–H groups in total. The van der Waals surface area contributed by atoms with Gasteiger partial charge < -0.3 is 10.1 Å². The highest BCUT2D eigenvalue weighted by molar-refractivity contribution is 6.30. The van der Waals surface area contributed by atoms with Crippen LogP contribution in [0.4, 0.5) is 4.39 Å². The van der Waals surface area contributed by atoms with E-state index in [1.807, 2.05) is 0 Å². The first-order valence-corrected chi connectivity index (χ1v) is 7.74. The minimum Gasteiger partial charge on any atom is -0.374 e. The molecule has 2 nitrogen and oxygen atoms in total. The minimum absolute atomic E-state index is 0.114. The number of hydrogen-bond donors (Lipinski definition) is 1. The van der Waals surface area contributed by atoms with E-state index in [2.05, 4.69) is 19.2 Å². The van der Waals surface area contributed by atoms with Crippen LogP contribution in [-0.2, 0) is 11.2 Å². The molecular formula is C16H23ClFNO. The topological polar surface area (TPSA) is 21.3 Å². The summed E-state index contributed by atoms with van der Waals surface area (Å²) in [7, 11) is 0. The SMILES string of the molecule is CCNC(Cc1ccc(Cl)cc1F)C1(C)CCCCO1. The van der Waals surface area contributed by atoms with E-state index >= 15 is 0 Å². The highest BCUT2D eigenvalue weighted by Gasteiger charge is 2.36. The molecule has 112 valence electrons. The molecule has 0 saturated carbocycles. The van der Waals surface area contributed by atoms with Gasteiger partial charge in [0.05, 0.1) is 5.60 Å². The Morgan fingerprint density at radius 1 is 1.45 bits per heavy atom. The predicted molar refractivity (Wildman–Crippen MR) is 80.8 cm³/mol. The van der Waals surface area contributed by atoms with Gasteiger partial charge in [-0.25, -0.2) is 4.39 Å². The van der Waals surface area contributed by atoms with Gasteiger partial charge in [0.2, 0.25) is 0 Å². The Morgan fingerprint density at radius 3 is 2.85 bits per heavy atom. The standard InChI is InChI=1S/C16H23ClFNO/c1-3-19-15(16(2)8-4-5-9-20-16)10-12-6-7-13(17)11-14(12)18/h6-7,11,15,19H,3-5,8-10H2,1-2H3. The largest absolute Gasteiger partial charge is 0.374 e. The zero-order valence-corrected chi connectivity index (χ0v) is 13.0. The monoisotopic (exact) mass is 299 g/mol. The van der Waals surface area contributed by atoms with Crippen LogP contribution in [0.5, 0.6) is 0 Å². The zero-order chi connectivity index (χ0) is 14.6. The maximum absolute atomic E-state index is 14.0. The molecule has 1 aliphatic heterocycles. The van der Waals surface area contributed by atoms with E-state index in [1.54, 1.807) is 12.1 Å². The van der Waals surface area contributed by atoms with Crippen molar-refractivity contribution in [2.45, 2.75) is 51.2 Å². The molecule has 20 heavy (non-hydrogen) atoms. The van der Waals surface area contributed by atoms with Crippen molar-refractivity contribution < 1.29 is 9.13 Å².